The number of amides is 2. The lowest BCUT2D eigenvalue weighted by Crippen LogP contribution is -2.47. The summed E-state index contributed by atoms with van der Waals surface area (Å²) in [6, 6.07) is 10.1. The summed E-state index contributed by atoms with van der Waals surface area (Å²) in [5, 5.41) is 6.18. The molecule has 0 aliphatic heterocycles. The second-order valence-electron chi connectivity index (χ2n) is 6.10. The van der Waals surface area contributed by atoms with E-state index < -0.39 is 11.9 Å². The van der Waals surface area contributed by atoms with Gasteiger partial charge in [-0.3, -0.25) is 9.59 Å². The van der Waals surface area contributed by atoms with E-state index in [0.717, 1.165) is 5.56 Å². The van der Waals surface area contributed by atoms with Crippen molar-refractivity contribution in [1.29, 1.82) is 0 Å². The number of carbonyl (C=O) groups is 2. The number of rotatable bonds is 9. The molecule has 0 saturated heterocycles. The third kappa shape index (κ3) is 7.00. The maximum Gasteiger partial charge on any atom is 0.253 e. The van der Waals surface area contributed by atoms with Gasteiger partial charge in [0, 0.05) is 11.6 Å². The van der Waals surface area contributed by atoms with Gasteiger partial charge in [-0.1, -0.05) is 35.3 Å². The van der Waals surface area contributed by atoms with E-state index in [2.05, 4.69) is 10.6 Å². The minimum atomic E-state index is -0.695. The highest BCUT2D eigenvalue weighted by Gasteiger charge is 2.22. The van der Waals surface area contributed by atoms with Crippen molar-refractivity contribution in [1.82, 2.24) is 10.6 Å². The van der Waals surface area contributed by atoms with Crippen molar-refractivity contribution in [3.63, 3.8) is 0 Å². The normalized spacial score (nSPS) is 11.7. The second-order valence-corrected chi connectivity index (χ2v) is 7.93. The summed E-state index contributed by atoms with van der Waals surface area (Å²) in [6.45, 7) is 0.343. The third-order valence-corrected chi connectivity index (χ3v) is 5.20. The van der Waals surface area contributed by atoms with Crippen molar-refractivity contribution >= 4 is 46.8 Å². The zero-order valence-corrected chi connectivity index (χ0v) is 17.6. The molecule has 2 rings (SSSR count). The maximum absolute atomic E-state index is 13.2. The number of halogens is 3. The first-order chi connectivity index (χ1) is 13.4. The first kappa shape index (κ1) is 22.5. The molecule has 0 spiro atoms. The van der Waals surface area contributed by atoms with E-state index in [9.17, 15) is 14.0 Å². The standard InChI is InChI=1S/C20H21Cl2FN2O2S/c1-28-10-8-18(25-19(26)16-6-5-14(21)12-17(16)22)20(27)24-9-7-13-3-2-4-15(23)11-13/h2-6,11-12,18H,7-10H2,1H3,(H,24,27)(H,25,26). The molecule has 2 amide bonds. The lowest BCUT2D eigenvalue weighted by Gasteiger charge is -2.18. The van der Waals surface area contributed by atoms with Crippen LogP contribution in [0.15, 0.2) is 42.5 Å². The highest BCUT2D eigenvalue weighted by Crippen LogP contribution is 2.21. The molecule has 1 unspecified atom stereocenters. The highest BCUT2D eigenvalue weighted by molar-refractivity contribution is 7.98. The van der Waals surface area contributed by atoms with E-state index in [1.54, 1.807) is 30.0 Å². The van der Waals surface area contributed by atoms with Gasteiger partial charge < -0.3 is 10.6 Å². The minimum Gasteiger partial charge on any atom is -0.354 e. The van der Waals surface area contributed by atoms with Crippen molar-refractivity contribution in [2.75, 3.05) is 18.6 Å². The van der Waals surface area contributed by atoms with Gasteiger partial charge in [0.05, 0.1) is 10.6 Å². The lowest BCUT2D eigenvalue weighted by atomic mass is 10.1. The van der Waals surface area contributed by atoms with Crippen LogP contribution in [0.5, 0.6) is 0 Å². The van der Waals surface area contributed by atoms with Crippen LogP contribution in [0.1, 0.15) is 22.3 Å². The van der Waals surface area contributed by atoms with Crippen LogP contribution in [-0.4, -0.2) is 36.4 Å². The Morgan fingerprint density at radius 1 is 1.18 bits per heavy atom. The Bertz CT molecular complexity index is 836. The van der Waals surface area contributed by atoms with E-state index in [4.69, 9.17) is 23.2 Å². The summed E-state index contributed by atoms with van der Waals surface area (Å²) < 4.78 is 13.2. The average Bonchev–Trinajstić information content (AvgIpc) is 2.64. The van der Waals surface area contributed by atoms with Crippen LogP contribution in [0.3, 0.4) is 0 Å². The fraction of sp³-hybridized carbons (Fsp3) is 0.300. The Balaban J connectivity index is 1.96. The Morgan fingerprint density at radius 3 is 2.64 bits per heavy atom. The van der Waals surface area contributed by atoms with E-state index in [1.165, 1.54) is 24.3 Å². The van der Waals surface area contributed by atoms with Crippen LogP contribution in [0.2, 0.25) is 10.0 Å². The molecule has 8 heteroatoms. The van der Waals surface area contributed by atoms with Crippen LogP contribution in [0.4, 0.5) is 4.39 Å². The largest absolute Gasteiger partial charge is 0.354 e. The summed E-state index contributed by atoms with van der Waals surface area (Å²) in [6.07, 6.45) is 2.90. The number of hydrogen-bond acceptors (Lipinski definition) is 3. The van der Waals surface area contributed by atoms with Gasteiger partial charge in [-0.25, -0.2) is 4.39 Å². The zero-order valence-electron chi connectivity index (χ0n) is 15.3. The molecule has 2 aromatic carbocycles. The fourth-order valence-corrected chi connectivity index (χ4v) is 3.53. The first-order valence-electron chi connectivity index (χ1n) is 8.67. The summed E-state index contributed by atoms with van der Waals surface area (Å²) in [5.41, 5.74) is 1.05. The van der Waals surface area contributed by atoms with Crippen molar-refractivity contribution in [2.24, 2.45) is 0 Å². The van der Waals surface area contributed by atoms with Gasteiger partial charge >= 0.3 is 0 Å². The number of hydrogen-bond donors (Lipinski definition) is 2. The molecule has 0 saturated carbocycles. The zero-order chi connectivity index (χ0) is 20.5. The van der Waals surface area contributed by atoms with Gasteiger partial charge in [-0.05, 0) is 60.7 Å². The van der Waals surface area contributed by atoms with Crippen molar-refractivity contribution in [3.8, 4) is 0 Å². The number of benzene rings is 2. The topological polar surface area (TPSA) is 58.2 Å². The van der Waals surface area contributed by atoms with Gasteiger partial charge in [0.15, 0.2) is 0 Å². The average molecular weight is 443 g/mol. The molecule has 2 N–H and O–H groups in total. The molecule has 0 radical (unpaired) electrons. The summed E-state index contributed by atoms with van der Waals surface area (Å²) in [5.74, 6) is -0.331. The number of carbonyl (C=O) groups excluding carboxylic acids is 2. The van der Waals surface area contributed by atoms with E-state index >= 15 is 0 Å². The van der Waals surface area contributed by atoms with Gasteiger partial charge in [-0.2, -0.15) is 11.8 Å². The van der Waals surface area contributed by atoms with Crippen molar-refractivity contribution < 1.29 is 14.0 Å². The van der Waals surface area contributed by atoms with Crippen molar-refractivity contribution in [2.45, 2.75) is 18.9 Å². The van der Waals surface area contributed by atoms with Gasteiger partial charge in [0.2, 0.25) is 5.91 Å². The molecule has 0 aliphatic rings. The van der Waals surface area contributed by atoms with Crippen LogP contribution >= 0.6 is 35.0 Å². The Morgan fingerprint density at radius 2 is 1.96 bits per heavy atom. The van der Waals surface area contributed by atoms with E-state index in [1.807, 2.05) is 6.26 Å². The van der Waals surface area contributed by atoms with Crippen LogP contribution < -0.4 is 10.6 Å². The van der Waals surface area contributed by atoms with Crippen LogP contribution in [0.25, 0.3) is 0 Å². The molecule has 1 atom stereocenters. The molecule has 0 aliphatic carbocycles. The minimum absolute atomic E-state index is 0.222. The molecule has 0 fully saturated rings. The van der Waals surface area contributed by atoms with E-state index in [0.29, 0.717) is 30.2 Å². The van der Waals surface area contributed by atoms with Gasteiger partial charge in [0.25, 0.3) is 5.91 Å². The summed E-state index contributed by atoms with van der Waals surface area (Å²) in [7, 11) is 0. The van der Waals surface area contributed by atoms with Crippen molar-refractivity contribution in [3.05, 3.63) is 69.5 Å². The van der Waals surface area contributed by atoms with Crippen LogP contribution in [0, 0.1) is 5.82 Å². The SMILES string of the molecule is CSCCC(NC(=O)c1ccc(Cl)cc1Cl)C(=O)NCCc1cccc(F)c1. The number of thioether (sulfide) groups is 1. The lowest BCUT2D eigenvalue weighted by molar-refractivity contribution is -0.122. The predicted molar refractivity (Wildman–Crippen MR) is 114 cm³/mol. The molecule has 150 valence electrons. The first-order valence-corrected chi connectivity index (χ1v) is 10.8. The molecule has 4 nitrogen and oxygen atoms in total. The van der Waals surface area contributed by atoms with Gasteiger partial charge in [-0.15, -0.1) is 0 Å². The molecule has 28 heavy (non-hydrogen) atoms. The smallest absolute Gasteiger partial charge is 0.253 e. The predicted octanol–water partition coefficient (Wildman–Crippen LogP) is 4.34. The molecule has 0 bridgehead atoms. The monoisotopic (exact) mass is 442 g/mol. The Kier molecular flexibility index (Phi) is 9.09. The summed E-state index contributed by atoms with van der Waals surface area (Å²) >= 11 is 13.5. The summed E-state index contributed by atoms with van der Waals surface area (Å²) in [4.78, 5) is 25.1. The highest BCUT2D eigenvalue weighted by atomic mass is 35.5. The second kappa shape index (κ2) is 11.3. The van der Waals surface area contributed by atoms with Crippen LogP contribution in [-0.2, 0) is 11.2 Å². The molecular weight excluding hydrogens is 422 g/mol. The Hall–Kier alpha value is -1.76. The molecule has 0 aromatic heterocycles. The van der Waals surface area contributed by atoms with Gasteiger partial charge in [0.1, 0.15) is 11.9 Å². The third-order valence-electron chi connectivity index (χ3n) is 4.01. The quantitative estimate of drug-likeness (QED) is 0.606. The molecule has 0 heterocycles. The fourth-order valence-electron chi connectivity index (χ4n) is 2.56. The van der Waals surface area contributed by atoms with E-state index in [-0.39, 0.29) is 22.3 Å². The molecule has 2 aromatic rings. The Labute approximate surface area is 178 Å². The number of nitrogens with one attached hydrogen (secondary N) is 2. The molecular formula is C20H21Cl2FN2O2S. The maximum atomic E-state index is 13.2.